The number of rotatable bonds is 5. The molecule has 3 aromatic rings. The van der Waals surface area contributed by atoms with Gasteiger partial charge >= 0.3 is 0 Å². The number of aliphatic imine (C=N–C) groups is 1. The van der Waals surface area contributed by atoms with E-state index < -0.39 is 0 Å². The van der Waals surface area contributed by atoms with Crippen molar-refractivity contribution in [1.29, 1.82) is 0 Å². The van der Waals surface area contributed by atoms with Crippen molar-refractivity contribution in [1.82, 2.24) is 19.6 Å². The van der Waals surface area contributed by atoms with Crippen LogP contribution < -0.4 is 5.32 Å². The molecule has 0 radical (unpaired) electrons. The molecule has 1 aliphatic rings. The molecule has 3 heterocycles. The molecule has 0 aliphatic carbocycles. The van der Waals surface area contributed by atoms with Crippen molar-refractivity contribution in [3.8, 4) is 0 Å². The van der Waals surface area contributed by atoms with E-state index >= 15 is 0 Å². The fourth-order valence-corrected chi connectivity index (χ4v) is 4.52. The van der Waals surface area contributed by atoms with Crippen molar-refractivity contribution in [2.45, 2.75) is 17.9 Å². The Morgan fingerprint density at radius 2 is 2.07 bits per heavy atom. The first-order valence-electron chi connectivity index (χ1n) is 9.38. The maximum atomic E-state index is 4.65. The van der Waals surface area contributed by atoms with Crippen LogP contribution in [0.2, 0.25) is 0 Å². The Labute approximate surface area is 164 Å². The summed E-state index contributed by atoms with van der Waals surface area (Å²) in [5.74, 6) is 2.83. The van der Waals surface area contributed by atoms with Crippen LogP contribution in [0, 0.1) is 5.92 Å². The maximum Gasteiger partial charge on any atom is 0.193 e. The molecule has 0 spiro atoms. The lowest BCUT2D eigenvalue weighted by Gasteiger charge is -2.21. The molecule has 1 N–H and O–H groups in total. The van der Waals surface area contributed by atoms with Crippen LogP contribution in [0.5, 0.6) is 0 Å². The molecule has 0 saturated carbocycles. The Morgan fingerprint density at radius 3 is 2.89 bits per heavy atom. The number of nitrogens with zero attached hydrogens (tertiary/aromatic N) is 4. The Morgan fingerprint density at radius 1 is 1.22 bits per heavy atom. The van der Waals surface area contributed by atoms with Gasteiger partial charge < -0.3 is 14.6 Å². The van der Waals surface area contributed by atoms with Gasteiger partial charge in [0.05, 0.1) is 12.2 Å². The van der Waals surface area contributed by atoms with Crippen LogP contribution in [-0.4, -0.2) is 46.1 Å². The summed E-state index contributed by atoms with van der Waals surface area (Å²) in [6.45, 7) is 2.81. The summed E-state index contributed by atoms with van der Waals surface area (Å²) < 4.78 is 2.05. The zero-order chi connectivity index (χ0) is 18.5. The molecule has 27 heavy (non-hydrogen) atoms. The van der Waals surface area contributed by atoms with Gasteiger partial charge in [-0.05, 0) is 36.6 Å². The second-order valence-corrected chi connectivity index (χ2v) is 7.92. The molecular weight excluding hydrogens is 354 g/mol. The Bertz CT molecular complexity index is 872. The van der Waals surface area contributed by atoms with Crippen molar-refractivity contribution < 1.29 is 0 Å². The van der Waals surface area contributed by atoms with Gasteiger partial charge in [0, 0.05) is 43.2 Å². The molecule has 4 rings (SSSR count). The normalized spacial score (nSPS) is 17.6. The first kappa shape index (κ1) is 17.9. The van der Waals surface area contributed by atoms with E-state index in [0.29, 0.717) is 12.5 Å². The van der Waals surface area contributed by atoms with Gasteiger partial charge in [0.2, 0.25) is 0 Å². The van der Waals surface area contributed by atoms with E-state index in [1.54, 1.807) is 0 Å². The van der Waals surface area contributed by atoms with Gasteiger partial charge in [0.25, 0.3) is 0 Å². The molecule has 1 aromatic carbocycles. The quantitative estimate of drug-likeness (QED) is 0.418. The largest absolute Gasteiger partial charge is 0.351 e. The average molecular weight is 380 g/mol. The number of hydrogen-bond donors (Lipinski definition) is 1. The molecule has 6 heteroatoms. The van der Waals surface area contributed by atoms with Gasteiger partial charge in [-0.15, -0.1) is 11.8 Å². The van der Waals surface area contributed by atoms with Gasteiger partial charge in [-0.1, -0.05) is 24.3 Å². The molecule has 1 fully saturated rings. The van der Waals surface area contributed by atoms with E-state index in [0.717, 1.165) is 36.1 Å². The number of imidazole rings is 1. The van der Waals surface area contributed by atoms with Gasteiger partial charge in [-0.2, -0.15) is 0 Å². The summed E-state index contributed by atoms with van der Waals surface area (Å²) in [6.07, 6.45) is 5.31. The molecular formula is C21H25N5S. The topological polar surface area (TPSA) is 44.9 Å². The molecule has 1 saturated heterocycles. The van der Waals surface area contributed by atoms with Crippen molar-refractivity contribution in [3.05, 3.63) is 66.6 Å². The highest BCUT2D eigenvalue weighted by atomic mass is 32.2. The highest BCUT2D eigenvalue weighted by Crippen LogP contribution is 2.25. The minimum absolute atomic E-state index is 0.689. The number of pyridine rings is 1. The zero-order valence-electron chi connectivity index (χ0n) is 15.6. The van der Waals surface area contributed by atoms with Gasteiger partial charge in [0.1, 0.15) is 5.65 Å². The summed E-state index contributed by atoms with van der Waals surface area (Å²) >= 11 is 1.95. The Balaban J connectivity index is 1.29. The van der Waals surface area contributed by atoms with E-state index in [4.69, 9.17) is 0 Å². The third-order valence-corrected chi connectivity index (χ3v) is 6.11. The summed E-state index contributed by atoms with van der Waals surface area (Å²) in [5.41, 5.74) is 2.00. The van der Waals surface area contributed by atoms with Crippen molar-refractivity contribution in [3.63, 3.8) is 0 Å². The molecule has 1 aliphatic heterocycles. The van der Waals surface area contributed by atoms with E-state index in [9.17, 15) is 0 Å². The first-order valence-corrected chi connectivity index (χ1v) is 10.4. The smallest absolute Gasteiger partial charge is 0.193 e. The second kappa shape index (κ2) is 8.48. The van der Waals surface area contributed by atoms with E-state index in [1.807, 2.05) is 47.6 Å². The zero-order valence-corrected chi connectivity index (χ0v) is 16.4. The number of aromatic nitrogens is 2. The number of benzene rings is 1. The van der Waals surface area contributed by atoms with Crippen LogP contribution in [0.1, 0.15) is 12.1 Å². The summed E-state index contributed by atoms with van der Waals surface area (Å²) in [6, 6.07) is 16.7. The molecule has 2 aromatic heterocycles. The summed E-state index contributed by atoms with van der Waals surface area (Å²) in [7, 11) is 1.86. The summed E-state index contributed by atoms with van der Waals surface area (Å²) in [4.78, 5) is 12.8. The fourth-order valence-electron chi connectivity index (χ4n) is 3.47. The lowest BCUT2D eigenvalue weighted by atomic mass is 10.2. The highest BCUT2D eigenvalue weighted by Gasteiger charge is 2.24. The number of likely N-dealkylation sites (tertiary alicyclic amines) is 1. The number of thioether (sulfide) groups is 1. The van der Waals surface area contributed by atoms with Crippen LogP contribution in [0.15, 0.2) is 70.8 Å². The first-order chi connectivity index (χ1) is 13.3. The third kappa shape index (κ3) is 4.45. The predicted molar refractivity (Wildman–Crippen MR) is 112 cm³/mol. The molecule has 1 atom stereocenters. The Kier molecular flexibility index (Phi) is 5.63. The Hall–Kier alpha value is -2.47. The van der Waals surface area contributed by atoms with Crippen molar-refractivity contribution in [2.75, 3.05) is 25.9 Å². The van der Waals surface area contributed by atoms with E-state index in [-0.39, 0.29) is 0 Å². The van der Waals surface area contributed by atoms with Gasteiger partial charge in [0.15, 0.2) is 5.96 Å². The standard InChI is InChI=1S/C21H25N5S/c1-22-21(23-13-18-15-25-11-6-5-9-20(25)24-18)26-12-10-17(14-26)16-27-19-7-3-2-4-8-19/h2-9,11,15,17H,10,12-14,16H2,1H3,(H,22,23). The van der Waals surface area contributed by atoms with E-state index in [2.05, 4.69) is 56.7 Å². The van der Waals surface area contributed by atoms with Gasteiger partial charge in [-0.25, -0.2) is 4.98 Å². The monoisotopic (exact) mass is 379 g/mol. The average Bonchev–Trinajstić information content (AvgIpc) is 3.34. The number of guanidine groups is 1. The predicted octanol–water partition coefficient (Wildman–Crippen LogP) is 3.52. The van der Waals surface area contributed by atoms with Crippen LogP contribution in [0.25, 0.3) is 5.65 Å². The molecule has 1 unspecified atom stereocenters. The fraction of sp³-hybridized carbons (Fsp3) is 0.333. The van der Waals surface area contributed by atoms with Crippen LogP contribution >= 0.6 is 11.8 Å². The van der Waals surface area contributed by atoms with Crippen LogP contribution in [0.4, 0.5) is 0 Å². The van der Waals surface area contributed by atoms with E-state index in [1.165, 1.54) is 11.3 Å². The van der Waals surface area contributed by atoms with Crippen LogP contribution in [-0.2, 0) is 6.54 Å². The maximum absolute atomic E-state index is 4.65. The lowest BCUT2D eigenvalue weighted by molar-refractivity contribution is 0.474. The molecule has 5 nitrogen and oxygen atoms in total. The van der Waals surface area contributed by atoms with Crippen molar-refractivity contribution in [2.24, 2.45) is 10.9 Å². The minimum atomic E-state index is 0.689. The lowest BCUT2D eigenvalue weighted by Crippen LogP contribution is -2.39. The SMILES string of the molecule is CN=C(NCc1cn2ccccc2n1)N1CCC(CSc2ccccc2)C1. The second-order valence-electron chi connectivity index (χ2n) is 6.82. The molecule has 0 bridgehead atoms. The highest BCUT2D eigenvalue weighted by molar-refractivity contribution is 7.99. The van der Waals surface area contributed by atoms with Gasteiger partial charge in [-0.3, -0.25) is 4.99 Å². The minimum Gasteiger partial charge on any atom is -0.351 e. The number of fused-ring (bicyclic) bond motifs is 1. The number of nitrogens with one attached hydrogen (secondary N) is 1. The van der Waals surface area contributed by atoms with Crippen LogP contribution in [0.3, 0.4) is 0 Å². The summed E-state index contributed by atoms with van der Waals surface area (Å²) in [5, 5.41) is 3.48. The molecule has 140 valence electrons. The van der Waals surface area contributed by atoms with Crippen molar-refractivity contribution >= 4 is 23.4 Å². The third-order valence-electron chi connectivity index (χ3n) is 4.87. The molecule has 0 amide bonds. The number of hydrogen-bond acceptors (Lipinski definition) is 3.